The number of hydrogen-bond acceptors (Lipinski definition) is 6. The largest absolute Gasteiger partial charge is 0.357 e. The van der Waals surface area contributed by atoms with Gasteiger partial charge in [0, 0.05) is 25.5 Å². The van der Waals surface area contributed by atoms with E-state index in [1.807, 2.05) is 56.1 Å². The zero-order valence-electron chi connectivity index (χ0n) is 18.3. The third-order valence-corrected chi connectivity index (χ3v) is 5.79. The molecule has 0 unspecified atom stereocenters. The molecule has 0 radical (unpaired) electrons. The minimum absolute atomic E-state index is 0.176. The van der Waals surface area contributed by atoms with E-state index in [0.29, 0.717) is 29.0 Å². The monoisotopic (exact) mass is 428 g/mol. The number of benzene rings is 2. The molecule has 162 valence electrons. The molecule has 1 aliphatic rings. The lowest BCUT2D eigenvalue weighted by Gasteiger charge is -2.23. The Bertz CT molecular complexity index is 1410. The van der Waals surface area contributed by atoms with Gasteiger partial charge in [0.1, 0.15) is 0 Å². The van der Waals surface area contributed by atoms with E-state index >= 15 is 0 Å². The van der Waals surface area contributed by atoms with Gasteiger partial charge < -0.3 is 4.90 Å². The van der Waals surface area contributed by atoms with Gasteiger partial charge in [-0.3, -0.25) is 14.5 Å². The Morgan fingerprint density at radius 3 is 2.22 bits per heavy atom. The van der Waals surface area contributed by atoms with E-state index in [2.05, 4.69) is 5.10 Å². The zero-order chi connectivity index (χ0) is 22.4. The van der Waals surface area contributed by atoms with Crippen molar-refractivity contribution in [1.29, 1.82) is 0 Å². The summed E-state index contributed by atoms with van der Waals surface area (Å²) in [4.78, 5) is 40.1. The van der Waals surface area contributed by atoms with Gasteiger partial charge in [0.15, 0.2) is 17.3 Å². The highest BCUT2D eigenvalue weighted by Gasteiger charge is 2.30. The summed E-state index contributed by atoms with van der Waals surface area (Å²) < 4.78 is 1.38. The minimum atomic E-state index is -0.281. The van der Waals surface area contributed by atoms with Gasteiger partial charge in [-0.05, 0) is 38.5 Å². The summed E-state index contributed by atoms with van der Waals surface area (Å²) in [6.45, 7) is 5.00. The standard InChI is InChI=1S/C24H24N6O2/c1-15(2)30-23(31)17-10-5-4-9-16(17)20(27-30)24(32)29-14-8-13-28(3)21-22(29)26-19-12-7-6-11-18(19)25-21/h4-7,9-12,15H,8,13-14H2,1-3H3. The molecule has 0 N–H and O–H groups in total. The molecule has 32 heavy (non-hydrogen) atoms. The predicted molar refractivity (Wildman–Crippen MR) is 125 cm³/mol. The molecule has 0 saturated heterocycles. The number of fused-ring (bicyclic) bond motifs is 3. The van der Waals surface area contributed by atoms with Gasteiger partial charge in [0.05, 0.1) is 22.5 Å². The van der Waals surface area contributed by atoms with E-state index < -0.39 is 0 Å². The number of nitrogens with zero attached hydrogens (tertiary/aromatic N) is 6. The highest BCUT2D eigenvalue weighted by atomic mass is 16.2. The van der Waals surface area contributed by atoms with Gasteiger partial charge in [-0.1, -0.05) is 30.3 Å². The highest BCUT2D eigenvalue weighted by Crippen LogP contribution is 2.31. The molecule has 3 heterocycles. The van der Waals surface area contributed by atoms with Crippen LogP contribution < -0.4 is 15.4 Å². The fraction of sp³-hybridized carbons (Fsp3) is 0.292. The Morgan fingerprint density at radius 2 is 1.53 bits per heavy atom. The van der Waals surface area contributed by atoms with Crippen LogP contribution in [0.2, 0.25) is 0 Å². The van der Waals surface area contributed by atoms with E-state index in [9.17, 15) is 9.59 Å². The molecule has 2 aromatic heterocycles. The number of hydrogen-bond donors (Lipinski definition) is 0. The van der Waals surface area contributed by atoms with Gasteiger partial charge >= 0.3 is 0 Å². The van der Waals surface area contributed by atoms with Gasteiger partial charge in [-0.25, -0.2) is 14.6 Å². The quantitative estimate of drug-likeness (QED) is 0.487. The first-order valence-corrected chi connectivity index (χ1v) is 10.8. The van der Waals surface area contributed by atoms with Gasteiger partial charge in [-0.15, -0.1) is 0 Å². The molecule has 1 aliphatic heterocycles. The second kappa shape index (κ2) is 7.71. The number of amides is 1. The van der Waals surface area contributed by atoms with Crippen molar-refractivity contribution in [2.45, 2.75) is 26.3 Å². The minimum Gasteiger partial charge on any atom is -0.357 e. The van der Waals surface area contributed by atoms with Gasteiger partial charge in [0.25, 0.3) is 11.5 Å². The van der Waals surface area contributed by atoms with E-state index in [-0.39, 0.29) is 23.2 Å². The smallest absolute Gasteiger partial charge is 0.280 e. The maximum absolute atomic E-state index is 13.9. The molecule has 2 aromatic carbocycles. The Labute approximate surface area is 185 Å². The van der Waals surface area contributed by atoms with Crippen LogP contribution in [0.5, 0.6) is 0 Å². The van der Waals surface area contributed by atoms with Crippen molar-refractivity contribution in [3.63, 3.8) is 0 Å². The van der Waals surface area contributed by atoms with Crippen LogP contribution >= 0.6 is 0 Å². The topological polar surface area (TPSA) is 84.2 Å². The first-order valence-electron chi connectivity index (χ1n) is 10.8. The van der Waals surface area contributed by atoms with Crippen LogP contribution in [0.1, 0.15) is 36.8 Å². The molecule has 8 nitrogen and oxygen atoms in total. The summed E-state index contributed by atoms with van der Waals surface area (Å²) in [5, 5.41) is 5.54. The van der Waals surface area contributed by atoms with Crippen molar-refractivity contribution < 1.29 is 4.79 Å². The Morgan fingerprint density at radius 1 is 0.906 bits per heavy atom. The second-order valence-electron chi connectivity index (χ2n) is 8.33. The maximum Gasteiger partial charge on any atom is 0.280 e. The molecular formula is C24H24N6O2. The van der Waals surface area contributed by atoms with Crippen LogP contribution in [0, 0.1) is 0 Å². The third-order valence-electron chi connectivity index (χ3n) is 5.79. The molecule has 1 amide bonds. The summed E-state index contributed by atoms with van der Waals surface area (Å²) in [6, 6.07) is 14.6. The zero-order valence-corrected chi connectivity index (χ0v) is 18.3. The number of carbonyl (C=O) groups excluding carboxylic acids is 1. The van der Waals surface area contributed by atoms with Crippen LogP contribution in [0.4, 0.5) is 11.6 Å². The van der Waals surface area contributed by atoms with E-state index in [1.165, 1.54) is 4.68 Å². The van der Waals surface area contributed by atoms with Crippen LogP contribution in [0.3, 0.4) is 0 Å². The fourth-order valence-electron chi connectivity index (χ4n) is 4.14. The van der Waals surface area contributed by atoms with Crippen molar-refractivity contribution in [3.8, 4) is 0 Å². The molecule has 5 rings (SSSR count). The molecule has 0 fully saturated rings. The average molecular weight is 428 g/mol. The first-order chi connectivity index (χ1) is 15.5. The molecule has 0 atom stereocenters. The van der Waals surface area contributed by atoms with Crippen LogP contribution in [0.15, 0.2) is 53.3 Å². The lowest BCUT2D eigenvalue weighted by Crippen LogP contribution is -2.36. The molecule has 4 aromatic rings. The van der Waals surface area contributed by atoms with Crippen LogP contribution in [-0.4, -0.2) is 45.8 Å². The summed E-state index contributed by atoms with van der Waals surface area (Å²) in [6.07, 6.45) is 0.762. The number of anilines is 2. The lowest BCUT2D eigenvalue weighted by atomic mass is 10.1. The summed E-state index contributed by atoms with van der Waals surface area (Å²) in [7, 11) is 1.96. The Kier molecular flexibility index (Phi) is 4.84. The van der Waals surface area contributed by atoms with Gasteiger partial charge in [-0.2, -0.15) is 5.10 Å². The molecule has 0 spiro atoms. The summed E-state index contributed by atoms with van der Waals surface area (Å²) in [5.74, 6) is 0.898. The maximum atomic E-state index is 13.9. The fourth-order valence-corrected chi connectivity index (χ4v) is 4.14. The normalized spacial score (nSPS) is 14.1. The van der Waals surface area contributed by atoms with Gasteiger partial charge in [0.2, 0.25) is 0 Å². The predicted octanol–water partition coefficient (Wildman–Crippen LogP) is 3.41. The number of aromatic nitrogens is 4. The molecule has 0 saturated carbocycles. The van der Waals surface area contributed by atoms with Crippen molar-refractivity contribution in [2.75, 3.05) is 29.9 Å². The Hall–Kier alpha value is -3.81. The summed E-state index contributed by atoms with van der Waals surface area (Å²) >= 11 is 0. The highest BCUT2D eigenvalue weighted by molar-refractivity contribution is 6.13. The number of para-hydroxylation sites is 2. The lowest BCUT2D eigenvalue weighted by molar-refractivity contribution is 0.0981. The third kappa shape index (κ3) is 3.19. The molecule has 0 aliphatic carbocycles. The molecule has 8 heteroatoms. The van der Waals surface area contributed by atoms with E-state index in [0.717, 1.165) is 24.0 Å². The first kappa shape index (κ1) is 20.1. The summed E-state index contributed by atoms with van der Waals surface area (Å²) in [5.41, 5.74) is 1.56. The van der Waals surface area contributed by atoms with Crippen LogP contribution in [-0.2, 0) is 0 Å². The van der Waals surface area contributed by atoms with Crippen LogP contribution in [0.25, 0.3) is 21.8 Å². The Balaban J connectivity index is 1.73. The SMILES string of the molecule is CC(C)n1nc(C(=O)N2CCCN(C)c3nc4ccccc4nc32)c2ccccc2c1=O. The van der Waals surface area contributed by atoms with Crippen molar-refractivity contribution >= 4 is 39.3 Å². The van der Waals surface area contributed by atoms with Crippen molar-refractivity contribution in [2.24, 2.45) is 0 Å². The van der Waals surface area contributed by atoms with E-state index in [4.69, 9.17) is 9.97 Å². The molecular weight excluding hydrogens is 404 g/mol. The molecule has 0 bridgehead atoms. The second-order valence-corrected chi connectivity index (χ2v) is 8.33. The van der Waals surface area contributed by atoms with Crippen molar-refractivity contribution in [3.05, 3.63) is 64.6 Å². The average Bonchev–Trinajstić information content (AvgIpc) is 2.96. The van der Waals surface area contributed by atoms with E-state index in [1.54, 1.807) is 23.1 Å². The number of carbonyl (C=O) groups is 1. The number of rotatable bonds is 2. The van der Waals surface area contributed by atoms with Crippen molar-refractivity contribution in [1.82, 2.24) is 19.7 Å².